The van der Waals surface area contributed by atoms with Crippen LogP contribution in [0, 0.1) is 5.92 Å². The van der Waals surface area contributed by atoms with Crippen LogP contribution in [0.3, 0.4) is 0 Å². The minimum atomic E-state index is -1.20. The fourth-order valence-electron chi connectivity index (χ4n) is 2.74. The number of Topliss-reactive ketones (excluding diaryl/α,β-unsaturated/α-hetero) is 1. The first kappa shape index (κ1) is 34.9. The molecule has 0 spiro atoms. The minimum Gasteiger partial charge on any atom is -0.480 e. The highest BCUT2D eigenvalue weighted by Crippen LogP contribution is 2.06. The molecular weight excluding hydrogens is 486 g/mol. The van der Waals surface area contributed by atoms with Crippen molar-refractivity contribution < 1.29 is 43.2 Å². The van der Waals surface area contributed by atoms with E-state index >= 15 is 0 Å². The normalized spacial score (nSPS) is 12.4. The molecule has 12 heteroatoms. The molecule has 0 aromatic heterocycles. The first-order valence-electron chi connectivity index (χ1n) is 12.9. The molecule has 1 atom stereocenters. The summed E-state index contributed by atoms with van der Waals surface area (Å²) in [5, 5.41) is 17.6. The molecule has 12 nitrogen and oxygen atoms in total. The van der Waals surface area contributed by atoms with Gasteiger partial charge in [-0.15, -0.1) is 0 Å². The second kappa shape index (κ2) is 20.9. The van der Waals surface area contributed by atoms with Gasteiger partial charge in [-0.3, -0.25) is 14.4 Å². The average Bonchev–Trinajstić information content (AvgIpc) is 2.84. The quantitative estimate of drug-likeness (QED) is 0.129. The van der Waals surface area contributed by atoms with E-state index in [0.29, 0.717) is 26.4 Å². The van der Waals surface area contributed by atoms with Crippen molar-refractivity contribution in [3.05, 3.63) is 0 Å². The topological polar surface area (TPSA) is 162 Å². The fourth-order valence-corrected chi connectivity index (χ4v) is 2.74. The van der Waals surface area contributed by atoms with Gasteiger partial charge in [-0.1, -0.05) is 20.8 Å². The van der Waals surface area contributed by atoms with E-state index in [2.05, 4.69) is 36.7 Å². The van der Waals surface area contributed by atoms with Gasteiger partial charge in [0.15, 0.2) is 0 Å². The molecule has 0 saturated heterocycles. The van der Waals surface area contributed by atoms with Crippen LogP contribution >= 0.6 is 0 Å². The SMILES string of the molecule is CCC(C)(C)NCCOCCOCC(=O)NCCOCCOCC(=O)N[C@@H](CCC(=O)C(C)C)C(=O)O. The van der Waals surface area contributed by atoms with Gasteiger partial charge in [-0.05, 0) is 26.7 Å². The van der Waals surface area contributed by atoms with Crippen LogP contribution < -0.4 is 16.0 Å². The van der Waals surface area contributed by atoms with E-state index in [1.165, 1.54) is 0 Å². The largest absolute Gasteiger partial charge is 0.480 e. The molecular formula is C25H47N3O9. The van der Waals surface area contributed by atoms with Crippen molar-refractivity contribution in [2.45, 2.75) is 65.5 Å². The molecule has 0 fully saturated rings. The van der Waals surface area contributed by atoms with E-state index in [1.54, 1.807) is 13.8 Å². The zero-order valence-corrected chi connectivity index (χ0v) is 23.1. The lowest BCUT2D eigenvalue weighted by molar-refractivity contribution is -0.143. The van der Waals surface area contributed by atoms with E-state index in [-0.39, 0.29) is 69.0 Å². The fraction of sp³-hybridized carbons (Fsp3) is 0.840. The first-order chi connectivity index (χ1) is 17.5. The van der Waals surface area contributed by atoms with Crippen LogP contribution in [-0.2, 0) is 38.1 Å². The molecule has 0 bridgehead atoms. The Bertz CT molecular complexity index is 672. The average molecular weight is 534 g/mol. The highest BCUT2D eigenvalue weighted by Gasteiger charge is 2.21. The second-order valence-corrected chi connectivity index (χ2v) is 9.46. The number of rotatable bonds is 24. The number of amides is 2. The van der Waals surface area contributed by atoms with Crippen LogP contribution in [0.4, 0.5) is 0 Å². The van der Waals surface area contributed by atoms with Crippen LogP contribution in [0.15, 0.2) is 0 Å². The molecule has 0 aromatic carbocycles. The minimum absolute atomic E-state index is 0.0290. The van der Waals surface area contributed by atoms with E-state index < -0.39 is 17.9 Å². The van der Waals surface area contributed by atoms with Gasteiger partial charge >= 0.3 is 5.97 Å². The molecule has 0 aromatic rings. The third-order valence-electron chi connectivity index (χ3n) is 5.47. The third-order valence-corrected chi connectivity index (χ3v) is 5.47. The summed E-state index contributed by atoms with van der Waals surface area (Å²) in [7, 11) is 0. The summed E-state index contributed by atoms with van der Waals surface area (Å²) >= 11 is 0. The van der Waals surface area contributed by atoms with Crippen LogP contribution in [0.1, 0.15) is 53.9 Å². The van der Waals surface area contributed by atoms with Gasteiger partial charge in [0.1, 0.15) is 25.0 Å². The molecule has 0 rings (SSSR count). The standard InChI is InChI=1S/C25H47N3O9/c1-6-25(4,5)27-10-12-35-14-15-36-17-22(30)26-9-11-34-13-16-37-18-23(31)28-20(24(32)33)7-8-21(29)19(2)3/h19-20,27H,6-18H2,1-5H3,(H,26,30)(H,28,31)(H,32,33)/t20-/m0/s1. The molecule has 0 saturated carbocycles. The summed E-state index contributed by atoms with van der Waals surface area (Å²) in [5.41, 5.74) is 0.0928. The van der Waals surface area contributed by atoms with Gasteiger partial charge in [-0.25, -0.2) is 4.79 Å². The van der Waals surface area contributed by atoms with Crippen molar-refractivity contribution in [2.75, 3.05) is 65.9 Å². The maximum atomic E-state index is 11.9. The predicted molar refractivity (Wildman–Crippen MR) is 137 cm³/mol. The predicted octanol–water partition coefficient (Wildman–Crippen LogP) is 0.522. The maximum absolute atomic E-state index is 11.9. The van der Waals surface area contributed by atoms with E-state index in [0.717, 1.165) is 13.0 Å². The number of carboxylic acid groups (broad SMARTS) is 1. The van der Waals surface area contributed by atoms with Crippen LogP contribution in [-0.4, -0.2) is 106 Å². The van der Waals surface area contributed by atoms with Crippen molar-refractivity contribution in [2.24, 2.45) is 5.92 Å². The first-order valence-corrected chi connectivity index (χ1v) is 12.9. The Labute approximate surface area is 220 Å². The van der Waals surface area contributed by atoms with Crippen molar-refractivity contribution in [3.8, 4) is 0 Å². The Balaban J connectivity index is 3.65. The summed E-state index contributed by atoms with van der Waals surface area (Å²) < 4.78 is 21.2. The van der Waals surface area contributed by atoms with E-state index in [4.69, 9.17) is 18.9 Å². The number of aliphatic carboxylic acids is 1. The number of ether oxygens (including phenoxy) is 4. The van der Waals surface area contributed by atoms with E-state index in [1.807, 2.05) is 0 Å². The molecule has 0 unspecified atom stereocenters. The van der Waals surface area contributed by atoms with E-state index in [9.17, 15) is 24.3 Å². The summed E-state index contributed by atoms with van der Waals surface area (Å²) in [4.78, 5) is 46.5. The Kier molecular flexibility index (Phi) is 19.7. The van der Waals surface area contributed by atoms with Gasteiger partial charge in [0.05, 0.1) is 39.6 Å². The Hall–Kier alpha value is -2.12. The number of carbonyl (C=O) groups is 4. The number of nitrogens with one attached hydrogen (secondary N) is 3. The van der Waals surface area contributed by atoms with Crippen molar-refractivity contribution in [1.29, 1.82) is 0 Å². The molecule has 0 heterocycles. The molecule has 216 valence electrons. The Morgan fingerprint density at radius 1 is 0.811 bits per heavy atom. The highest BCUT2D eigenvalue weighted by atomic mass is 16.5. The van der Waals surface area contributed by atoms with Crippen molar-refractivity contribution >= 4 is 23.6 Å². The lowest BCUT2D eigenvalue weighted by atomic mass is 10.0. The van der Waals surface area contributed by atoms with Gasteiger partial charge in [0, 0.05) is 31.0 Å². The molecule has 37 heavy (non-hydrogen) atoms. The summed E-state index contributed by atoms with van der Waals surface area (Å²) in [6.07, 6.45) is 1.14. The van der Waals surface area contributed by atoms with Crippen LogP contribution in [0.5, 0.6) is 0 Å². The molecule has 0 aliphatic rings. The summed E-state index contributed by atoms with van der Waals surface area (Å²) in [5.74, 6) is -2.28. The Morgan fingerprint density at radius 3 is 1.89 bits per heavy atom. The molecule has 0 aliphatic carbocycles. The van der Waals surface area contributed by atoms with Crippen LogP contribution in [0.2, 0.25) is 0 Å². The number of carboxylic acids is 1. The monoisotopic (exact) mass is 533 g/mol. The van der Waals surface area contributed by atoms with Gasteiger partial charge < -0.3 is 40.0 Å². The van der Waals surface area contributed by atoms with Crippen molar-refractivity contribution in [1.82, 2.24) is 16.0 Å². The lowest BCUT2D eigenvalue weighted by Gasteiger charge is -2.24. The van der Waals surface area contributed by atoms with Gasteiger partial charge in [-0.2, -0.15) is 0 Å². The maximum Gasteiger partial charge on any atom is 0.326 e. The van der Waals surface area contributed by atoms with Gasteiger partial charge in [0.2, 0.25) is 11.8 Å². The second-order valence-electron chi connectivity index (χ2n) is 9.46. The number of ketones is 1. The molecule has 0 radical (unpaired) electrons. The molecule has 2 amide bonds. The Morgan fingerprint density at radius 2 is 1.35 bits per heavy atom. The number of carbonyl (C=O) groups excluding carboxylic acids is 3. The zero-order valence-electron chi connectivity index (χ0n) is 23.1. The van der Waals surface area contributed by atoms with Gasteiger partial charge in [0.25, 0.3) is 0 Å². The lowest BCUT2D eigenvalue weighted by Crippen LogP contribution is -2.43. The molecule has 0 aliphatic heterocycles. The molecule has 4 N–H and O–H groups in total. The zero-order chi connectivity index (χ0) is 28.1. The van der Waals surface area contributed by atoms with Crippen LogP contribution in [0.25, 0.3) is 0 Å². The smallest absolute Gasteiger partial charge is 0.326 e. The summed E-state index contributed by atoms with van der Waals surface area (Å²) in [6, 6.07) is -1.14. The highest BCUT2D eigenvalue weighted by molar-refractivity contribution is 5.85. The summed E-state index contributed by atoms with van der Waals surface area (Å²) in [6.45, 7) is 12.4. The number of hydrogen-bond donors (Lipinski definition) is 4. The van der Waals surface area contributed by atoms with Crippen molar-refractivity contribution in [3.63, 3.8) is 0 Å². The third kappa shape index (κ3) is 20.6. The number of hydrogen-bond acceptors (Lipinski definition) is 9.